The van der Waals surface area contributed by atoms with Crippen molar-refractivity contribution < 1.29 is 23.9 Å². The lowest BCUT2D eigenvalue weighted by molar-refractivity contribution is -0.384. The zero-order chi connectivity index (χ0) is 24.7. The maximum Gasteiger partial charge on any atom is 0.338 e. The number of nitrogens with zero attached hydrogens (tertiary/aromatic N) is 3. The smallest absolute Gasteiger partial charge is 0.338 e. The van der Waals surface area contributed by atoms with Crippen molar-refractivity contribution in [3.63, 3.8) is 0 Å². The molecular weight excluding hydrogens is 474 g/mol. The molecular formula is C24H19N3O7S. The minimum absolute atomic E-state index is 0.131. The molecule has 2 aromatic carbocycles. The molecule has 0 fully saturated rings. The van der Waals surface area contributed by atoms with Gasteiger partial charge in [-0.3, -0.25) is 19.5 Å². The molecule has 0 saturated carbocycles. The lowest BCUT2D eigenvalue weighted by atomic mass is 9.95. The van der Waals surface area contributed by atoms with E-state index >= 15 is 0 Å². The van der Waals surface area contributed by atoms with E-state index in [1.165, 1.54) is 34.1 Å². The lowest BCUT2D eigenvalue weighted by Crippen LogP contribution is -2.39. The van der Waals surface area contributed by atoms with Crippen LogP contribution in [0.15, 0.2) is 63.5 Å². The summed E-state index contributed by atoms with van der Waals surface area (Å²) in [7, 11) is 0. The normalized spacial score (nSPS) is 16.6. The SMILES string of the molecule is CCOC(=O)C1=C(C)N=c2s/c(=C\c3ccc4c(c3)OCO4)c(=O)n2[C@H]1c1cccc([N+](=O)[O-])c1. The van der Waals surface area contributed by atoms with Crippen molar-refractivity contribution in [1.29, 1.82) is 0 Å². The number of benzene rings is 2. The van der Waals surface area contributed by atoms with Gasteiger partial charge in [0.25, 0.3) is 11.2 Å². The molecule has 178 valence electrons. The van der Waals surface area contributed by atoms with Gasteiger partial charge in [0.15, 0.2) is 16.3 Å². The van der Waals surface area contributed by atoms with Crippen molar-refractivity contribution in [3.05, 3.63) is 94.7 Å². The molecule has 0 aliphatic carbocycles. The molecule has 10 nitrogen and oxygen atoms in total. The molecule has 0 saturated heterocycles. The molecule has 0 unspecified atom stereocenters. The molecule has 0 bridgehead atoms. The number of ether oxygens (including phenoxy) is 3. The molecule has 0 radical (unpaired) electrons. The van der Waals surface area contributed by atoms with Gasteiger partial charge in [-0.2, -0.15) is 0 Å². The van der Waals surface area contributed by atoms with Gasteiger partial charge < -0.3 is 14.2 Å². The van der Waals surface area contributed by atoms with Gasteiger partial charge in [0.2, 0.25) is 6.79 Å². The molecule has 2 aliphatic rings. The number of hydrogen-bond acceptors (Lipinski definition) is 9. The van der Waals surface area contributed by atoms with E-state index in [0.717, 1.165) is 5.56 Å². The Morgan fingerprint density at radius 1 is 1.29 bits per heavy atom. The fourth-order valence-corrected chi connectivity index (χ4v) is 5.12. The van der Waals surface area contributed by atoms with Crippen LogP contribution in [0.4, 0.5) is 5.69 Å². The summed E-state index contributed by atoms with van der Waals surface area (Å²) in [6.45, 7) is 3.61. The van der Waals surface area contributed by atoms with Crippen molar-refractivity contribution in [1.82, 2.24) is 4.57 Å². The number of allylic oxidation sites excluding steroid dienone is 1. The summed E-state index contributed by atoms with van der Waals surface area (Å²) >= 11 is 1.17. The topological polar surface area (TPSA) is 122 Å². The van der Waals surface area contributed by atoms with Crippen LogP contribution in [0.1, 0.15) is 31.0 Å². The Balaban J connectivity index is 1.71. The summed E-state index contributed by atoms with van der Waals surface area (Å²) in [6, 6.07) is 10.3. The number of aromatic nitrogens is 1. The minimum atomic E-state index is -0.927. The number of nitro groups is 1. The summed E-state index contributed by atoms with van der Waals surface area (Å²) in [4.78, 5) is 42.3. The number of fused-ring (bicyclic) bond motifs is 2. The zero-order valence-electron chi connectivity index (χ0n) is 18.7. The minimum Gasteiger partial charge on any atom is -0.463 e. The summed E-state index contributed by atoms with van der Waals surface area (Å²) in [6.07, 6.45) is 1.71. The first-order valence-corrected chi connectivity index (χ1v) is 11.5. The van der Waals surface area contributed by atoms with Crippen molar-refractivity contribution in [2.75, 3.05) is 13.4 Å². The lowest BCUT2D eigenvalue weighted by Gasteiger charge is -2.24. The first kappa shape index (κ1) is 22.5. The quantitative estimate of drug-likeness (QED) is 0.304. The Labute approximate surface area is 202 Å². The van der Waals surface area contributed by atoms with Crippen LogP contribution >= 0.6 is 11.3 Å². The van der Waals surface area contributed by atoms with Gasteiger partial charge in [0.05, 0.1) is 33.4 Å². The van der Waals surface area contributed by atoms with Gasteiger partial charge in [0.1, 0.15) is 0 Å². The second-order valence-corrected chi connectivity index (χ2v) is 8.78. The number of carbonyl (C=O) groups is 1. The number of esters is 1. The Morgan fingerprint density at radius 3 is 2.86 bits per heavy atom. The summed E-state index contributed by atoms with van der Waals surface area (Å²) in [5.41, 5.74) is 1.16. The molecule has 0 spiro atoms. The monoisotopic (exact) mass is 493 g/mol. The highest BCUT2D eigenvalue weighted by Gasteiger charge is 2.34. The molecule has 35 heavy (non-hydrogen) atoms. The number of rotatable bonds is 5. The average molecular weight is 493 g/mol. The van der Waals surface area contributed by atoms with Crippen LogP contribution in [0.3, 0.4) is 0 Å². The number of thiazole rings is 1. The van der Waals surface area contributed by atoms with Crippen LogP contribution in [-0.2, 0) is 9.53 Å². The van der Waals surface area contributed by atoms with Crippen LogP contribution < -0.4 is 24.4 Å². The van der Waals surface area contributed by atoms with E-state index in [1.54, 1.807) is 44.2 Å². The summed E-state index contributed by atoms with van der Waals surface area (Å²) in [5, 5.41) is 11.4. The van der Waals surface area contributed by atoms with Crippen LogP contribution in [0.5, 0.6) is 11.5 Å². The van der Waals surface area contributed by atoms with Gasteiger partial charge >= 0.3 is 5.97 Å². The van der Waals surface area contributed by atoms with Crippen LogP contribution in [0, 0.1) is 10.1 Å². The predicted molar refractivity (Wildman–Crippen MR) is 126 cm³/mol. The predicted octanol–water partition coefficient (Wildman–Crippen LogP) is 2.44. The van der Waals surface area contributed by atoms with Crippen LogP contribution in [-0.4, -0.2) is 28.9 Å². The van der Waals surface area contributed by atoms with Gasteiger partial charge in [-0.15, -0.1) is 0 Å². The molecule has 0 amide bonds. The summed E-state index contributed by atoms with van der Waals surface area (Å²) < 4.78 is 17.8. The number of nitro benzene ring substituents is 1. The second-order valence-electron chi connectivity index (χ2n) is 7.77. The third-order valence-corrected chi connectivity index (χ3v) is 6.59. The van der Waals surface area contributed by atoms with Gasteiger partial charge in [-0.05, 0) is 43.2 Å². The molecule has 1 atom stereocenters. The van der Waals surface area contributed by atoms with Gasteiger partial charge in [-0.1, -0.05) is 29.5 Å². The molecule has 3 aromatic rings. The van der Waals surface area contributed by atoms with Crippen LogP contribution in [0.25, 0.3) is 6.08 Å². The fourth-order valence-electron chi connectivity index (χ4n) is 4.07. The third kappa shape index (κ3) is 3.99. The molecule has 11 heteroatoms. The average Bonchev–Trinajstić information content (AvgIpc) is 3.42. The largest absolute Gasteiger partial charge is 0.463 e. The van der Waals surface area contributed by atoms with Gasteiger partial charge in [0, 0.05) is 12.1 Å². The Kier molecular flexibility index (Phi) is 5.69. The summed E-state index contributed by atoms with van der Waals surface area (Å²) in [5.74, 6) is 0.584. The van der Waals surface area contributed by atoms with E-state index in [2.05, 4.69) is 4.99 Å². The van der Waals surface area contributed by atoms with Crippen LogP contribution in [0.2, 0.25) is 0 Å². The van der Waals surface area contributed by atoms with E-state index in [9.17, 15) is 19.7 Å². The standard InChI is InChI=1S/C24H19N3O7S/c1-3-32-23(29)20-13(2)25-24-26(21(20)15-5-4-6-16(11-15)27(30)31)22(28)19(35-24)10-14-7-8-17-18(9-14)34-12-33-17/h4-11,21H,3,12H2,1-2H3/b19-10-/t21-/m0/s1. The van der Waals surface area contributed by atoms with Gasteiger partial charge in [-0.25, -0.2) is 9.79 Å². The molecule has 1 aromatic heterocycles. The van der Waals surface area contributed by atoms with Crippen molar-refractivity contribution in [2.24, 2.45) is 4.99 Å². The first-order chi connectivity index (χ1) is 16.9. The van der Waals surface area contributed by atoms with E-state index < -0.39 is 16.9 Å². The van der Waals surface area contributed by atoms with Crippen molar-refractivity contribution in [3.8, 4) is 11.5 Å². The maximum atomic E-state index is 13.6. The Hall–Kier alpha value is -4.25. The van der Waals surface area contributed by atoms with Crippen molar-refractivity contribution in [2.45, 2.75) is 19.9 Å². The van der Waals surface area contributed by atoms with E-state index in [4.69, 9.17) is 14.2 Å². The van der Waals surface area contributed by atoms with Crippen molar-refractivity contribution >= 4 is 29.1 Å². The Morgan fingerprint density at radius 2 is 2.09 bits per heavy atom. The second kappa shape index (κ2) is 8.84. The van der Waals surface area contributed by atoms with E-state index in [0.29, 0.717) is 32.1 Å². The highest BCUT2D eigenvalue weighted by atomic mass is 32.1. The maximum absolute atomic E-state index is 13.6. The first-order valence-electron chi connectivity index (χ1n) is 10.7. The number of non-ortho nitro benzene ring substituents is 1. The number of carbonyl (C=O) groups excluding carboxylic acids is 1. The Bertz CT molecular complexity index is 1590. The zero-order valence-corrected chi connectivity index (χ0v) is 19.5. The van der Waals surface area contributed by atoms with E-state index in [1.807, 2.05) is 0 Å². The highest BCUT2D eigenvalue weighted by molar-refractivity contribution is 7.07. The fraction of sp³-hybridized carbons (Fsp3) is 0.208. The molecule has 5 rings (SSSR count). The molecule has 2 aliphatic heterocycles. The molecule has 0 N–H and O–H groups in total. The third-order valence-electron chi connectivity index (χ3n) is 5.61. The van der Waals surface area contributed by atoms with E-state index in [-0.39, 0.29) is 30.2 Å². The molecule has 3 heterocycles. The highest BCUT2D eigenvalue weighted by Crippen LogP contribution is 2.33. The number of hydrogen-bond donors (Lipinski definition) is 0.